The van der Waals surface area contributed by atoms with Gasteiger partial charge in [0.15, 0.2) is 6.61 Å². The minimum absolute atomic E-state index is 0.131. The summed E-state index contributed by atoms with van der Waals surface area (Å²) in [4.78, 5) is 38.6. The average Bonchev–Trinajstić information content (AvgIpc) is 3.08. The van der Waals surface area contributed by atoms with Crippen LogP contribution in [0.1, 0.15) is 16.7 Å². The number of benzene rings is 3. The molecule has 34 heavy (non-hydrogen) atoms. The zero-order chi connectivity index (χ0) is 24.1. The Kier molecular flexibility index (Phi) is 7.08. The number of hydrogen-bond donors (Lipinski definition) is 1. The molecule has 1 N–H and O–H groups in total. The van der Waals surface area contributed by atoms with Gasteiger partial charge < -0.3 is 10.1 Å². The number of amides is 3. The predicted octanol–water partition coefficient (Wildman–Crippen LogP) is 5.39. The highest BCUT2D eigenvalue weighted by Crippen LogP contribution is 2.34. The molecule has 0 radical (unpaired) electrons. The quantitative estimate of drug-likeness (QED) is 0.463. The summed E-state index contributed by atoms with van der Waals surface area (Å²) in [5, 5.41) is 2.34. The number of imide groups is 1. The van der Waals surface area contributed by atoms with Crippen molar-refractivity contribution in [2.75, 3.05) is 11.9 Å². The van der Waals surface area contributed by atoms with Crippen molar-refractivity contribution in [3.8, 4) is 5.75 Å². The number of hydrogen-bond acceptors (Lipinski definition) is 5. The fourth-order valence-corrected chi connectivity index (χ4v) is 4.17. The highest BCUT2D eigenvalue weighted by Gasteiger charge is 2.35. The third-order valence-corrected chi connectivity index (χ3v) is 6.01. The number of ether oxygens (including phenoxy) is 1. The van der Waals surface area contributed by atoms with Crippen molar-refractivity contribution in [3.05, 3.63) is 100 Å². The fraction of sp³-hybridized carbons (Fsp3) is 0.115. The van der Waals surface area contributed by atoms with E-state index in [1.165, 1.54) is 6.07 Å². The molecule has 8 heteroatoms. The number of carbonyl (C=O) groups is 3. The maximum atomic E-state index is 13.9. The zero-order valence-electron chi connectivity index (χ0n) is 18.3. The molecule has 1 heterocycles. The van der Waals surface area contributed by atoms with E-state index in [0.29, 0.717) is 11.3 Å². The van der Waals surface area contributed by atoms with Crippen molar-refractivity contribution < 1.29 is 23.5 Å². The predicted molar refractivity (Wildman–Crippen MR) is 130 cm³/mol. The monoisotopic (exact) mass is 476 g/mol. The highest BCUT2D eigenvalue weighted by atomic mass is 32.2. The van der Waals surface area contributed by atoms with Crippen molar-refractivity contribution in [1.29, 1.82) is 0 Å². The first kappa shape index (κ1) is 23.3. The highest BCUT2D eigenvalue weighted by molar-refractivity contribution is 8.18. The van der Waals surface area contributed by atoms with Crippen LogP contribution < -0.4 is 10.1 Å². The molecular formula is C26H21FN2O4S. The van der Waals surface area contributed by atoms with Gasteiger partial charge in [-0.1, -0.05) is 48.5 Å². The van der Waals surface area contributed by atoms with Gasteiger partial charge in [0.1, 0.15) is 11.6 Å². The van der Waals surface area contributed by atoms with Crippen molar-refractivity contribution in [2.24, 2.45) is 0 Å². The second kappa shape index (κ2) is 10.4. The lowest BCUT2D eigenvalue weighted by Crippen LogP contribution is -2.27. The average molecular weight is 477 g/mol. The van der Waals surface area contributed by atoms with Crippen molar-refractivity contribution in [1.82, 2.24) is 4.90 Å². The van der Waals surface area contributed by atoms with Crippen LogP contribution in [0, 0.1) is 12.7 Å². The van der Waals surface area contributed by atoms with Gasteiger partial charge in [-0.2, -0.15) is 0 Å². The Labute approximate surface area is 200 Å². The number of para-hydroxylation sites is 1. The van der Waals surface area contributed by atoms with E-state index in [1.807, 2.05) is 31.2 Å². The van der Waals surface area contributed by atoms with Gasteiger partial charge in [0.25, 0.3) is 17.1 Å². The number of carbonyl (C=O) groups excluding carboxylic acids is 3. The van der Waals surface area contributed by atoms with Crippen molar-refractivity contribution in [3.63, 3.8) is 0 Å². The maximum absolute atomic E-state index is 13.9. The summed E-state index contributed by atoms with van der Waals surface area (Å²) in [5.41, 5.74) is 2.57. The molecule has 1 aliphatic rings. The smallest absolute Gasteiger partial charge is 0.293 e. The van der Waals surface area contributed by atoms with E-state index in [4.69, 9.17) is 4.74 Å². The first-order valence-electron chi connectivity index (χ1n) is 10.5. The SMILES string of the molecule is Cc1ccccc1NC(=O)COc1cccc(/C=C2\SC(=O)N(Cc3ccccc3F)C2=O)c1. The van der Waals surface area contributed by atoms with Crippen molar-refractivity contribution >= 4 is 40.6 Å². The van der Waals surface area contributed by atoms with E-state index < -0.39 is 17.0 Å². The van der Waals surface area contributed by atoms with E-state index in [1.54, 1.807) is 48.5 Å². The summed E-state index contributed by atoms with van der Waals surface area (Å²) < 4.78 is 19.5. The van der Waals surface area contributed by atoms with Gasteiger partial charge in [-0.25, -0.2) is 4.39 Å². The number of thioether (sulfide) groups is 1. The molecular weight excluding hydrogens is 455 g/mol. The molecule has 0 unspecified atom stereocenters. The van der Waals surface area contributed by atoms with Crippen molar-refractivity contribution in [2.45, 2.75) is 13.5 Å². The molecule has 0 bridgehead atoms. The van der Waals surface area contributed by atoms with Gasteiger partial charge in [0, 0.05) is 11.3 Å². The van der Waals surface area contributed by atoms with Crippen LogP contribution in [0.3, 0.4) is 0 Å². The Morgan fingerprint density at radius 1 is 1.06 bits per heavy atom. The molecule has 3 amide bonds. The third kappa shape index (κ3) is 5.52. The molecule has 3 aromatic rings. The van der Waals surface area contributed by atoms with Crippen LogP contribution >= 0.6 is 11.8 Å². The first-order valence-corrected chi connectivity index (χ1v) is 11.3. The van der Waals surface area contributed by atoms with Crippen LogP contribution in [0.4, 0.5) is 14.9 Å². The summed E-state index contributed by atoms with van der Waals surface area (Å²) in [6.45, 7) is 1.59. The van der Waals surface area contributed by atoms with E-state index in [2.05, 4.69) is 5.32 Å². The molecule has 1 saturated heterocycles. The summed E-state index contributed by atoms with van der Waals surface area (Å²) in [5.74, 6) is -0.808. The van der Waals surface area contributed by atoms with E-state index in [-0.39, 0.29) is 29.5 Å². The molecule has 4 rings (SSSR count). The van der Waals surface area contributed by atoms with Crippen LogP contribution in [0.5, 0.6) is 5.75 Å². The van der Waals surface area contributed by atoms with Gasteiger partial charge >= 0.3 is 0 Å². The van der Waals surface area contributed by atoms with Crippen LogP contribution in [0.2, 0.25) is 0 Å². The molecule has 3 aromatic carbocycles. The Balaban J connectivity index is 1.40. The molecule has 0 aromatic heterocycles. The number of aryl methyl sites for hydroxylation is 1. The lowest BCUT2D eigenvalue weighted by Gasteiger charge is -2.12. The molecule has 0 atom stereocenters. The zero-order valence-corrected chi connectivity index (χ0v) is 19.1. The Morgan fingerprint density at radius 3 is 2.62 bits per heavy atom. The number of nitrogens with zero attached hydrogens (tertiary/aromatic N) is 1. The summed E-state index contributed by atoms with van der Waals surface area (Å²) in [6, 6.07) is 20.3. The van der Waals surface area contributed by atoms with Gasteiger partial charge in [-0.05, 0) is 60.2 Å². The molecule has 0 saturated carbocycles. The van der Waals surface area contributed by atoms with Crippen LogP contribution in [-0.2, 0) is 16.1 Å². The summed E-state index contributed by atoms with van der Waals surface area (Å²) >= 11 is 0.800. The number of nitrogens with one attached hydrogen (secondary N) is 1. The molecule has 172 valence electrons. The minimum atomic E-state index is -0.484. The molecule has 0 aliphatic carbocycles. The normalized spacial score (nSPS) is 14.5. The fourth-order valence-electron chi connectivity index (χ4n) is 3.33. The Hall–Kier alpha value is -3.91. The van der Waals surface area contributed by atoms with Gasteiger partial charge in [-0.3, -0.25) is 19.3 Å². The number of anilines is 1. The van der Waals surface area contributed by atoms with Gasteiger partial charge in [0.05, 0.1) is 11.4 Å². The van der Waals surface area contributed by atoms with Crippen LogP contribution in [0.25, 0.3) is 6.08 Å². The standard InChI is InChI=1S/C26H21FN2O4S/c1-17-7-2-5-12-22(17)28-24(30)16-33-20-10-6-8-18(13-20)14-23-25(31)29(26(32)34-23)15-19-9-3-4-11-21(19)27/h2-14H,15-16H2,1H3,(H,28,30)/b23-14-. The van der Waals surface area contributed by atoms with E-state index >= 15 is 0 Å². The molecule has 1 fully saturated rings. The summed E-state index contributed by atoms with van der Waals surface area (Å²) in [7, 11) is 0. The second-order valence-corrected chi connectivity index (χ2v) is 8.58. The Bertz CT molecular complexity index is 1290. The molecule has 0 spiro atoms. The maximum Gasteiger partial charge on any atom is 0.293 e. The van der Waals surface area contributed by atoms with Crippen LogP contribution in [0.15, 0.2) is 77.7 Å². The number of rotatable bonds is 7. The molecule has 6 nitrogen and oxygen atoms in total. The molecule has 1 aliphatic heterocycles. The lowest BCUT2D eigenvalue weighted by atomic mass is 10.2. The third-order valence-electron chi connectivity index (χ3n) is 5.10. The Morgan fingerprint density at radius 2 is 1.82 bits per heavy atom. The van der Waals surface area contributed by atoms with E-state index in [0.717, 1.165) is 27.9 Å². The first-order chi connectivity index (χ1) is 16.4. The van der Waals surface area contributed by atoms with Gasteiger partial charge in [-0.15, -0.1) is 0 Å². The largest absolute Gasteiger partial charge is 0.484 e. The summed E-state index contributed by atoms with van der Waals surface area (Å²) in [6.07, 6.45) is 1.58. The topological polar surface area (TPSA) is 75.7 Å². The van der Waals surface area contributed by atoms with Crippen LogP contribution in [-0.4, -0.2) is 28.6 Å². The number of halogens is 1. The lowest BCUT2D eigenvalue weighted by molar-refractivity contribution is -0.123. The second-order valence-electron chi connectivity index (χ2n) is 7.58. The minimum Gasteiger partial charge on any atom is -0.484 e. The van der Waals surface area contributed by atoms with E-state index in [9.17, 15) is 18.8 Å². The van der Waals surface area contributed by atoms with Gasteiger partial charge in [0.2, 0.25) is 0 Å².